The maximum absolute atomic E-state index is 12.2. The van der Waals surface area contributed by atoms with E-state index in [0.29, 0.717) is 10.0 Å². The van der Waals surface area contributed by atoms with Crippen molar-refractivity contribution in [3.05, 3.63) is 69.7 Å². The van der Waals surface area contributed by atoms with Crippen molar-refractivity contribution in [3.63, 3.8) is 0 Å². The molecule has 0 radical (unpaired) electrons. The first-order valence-corrected chi connectivity index (χ1v) is 9.39. The summed E-state index contributed by atoms with van der Waals surface area (Å²) < 4.78 is 5.39. The maximum Gasteiger partial charge on any atom is 0.407 e. The van der Waals surface area contributed by atoms with Gasteiger partial charge in [-0.2, -0.15) is 0 Å². The molecule has 1 amide bonds. The molecule has 0 aliphatic carbocycles. The van der Waals surface area contributed by atoms with Crippen LogP contribution in [-0.2, 0) is 11.2 Å². The maximum atomic E-state index is 12.2. The summed E-state index contributed by atoms with van der Waals surface area (Å²) >= 11 is 12.0. The fourth-order valence-electron chi connectivity index (χ4n) is 2.76. The number of carbonyl (C=O) groups is 1. The van der Waals surface area contributed by atoms with Crippen molar-refractivity contribution < 1.29 is 9.53 Å². The summed E-state index contributed by atoms with van der Waals surface area (Å²) in [5.74, 6) is 0.0703. The van der Waals surface area contributed by atoms with E-state index in [0.717, 1.165) is 17.5 Å². The zero-order valence-electron chi connectivity index (χ0n) is 15.6. The average Bonchev–Trinajstić information content (AvgIpc) is 2.53. The third-order valence-electron chi connectivity index (χ3n) is 4.01. The van der Waals surface area contributed by atoms with Crippen LogP contribution in [0.2, 0.25) is 10.0 Å². The zero-order valence-corrected chi connectivity index (χ0v) is 17.1. The van der Waals surface area contributed by atoms with Gasteiger partial charge < -0.3 is 10.1 Å². The van der Waals surface area contributed by atoms with Crippen molar-refractivity contribution >= 4 is 29.3 Å². The van der Waals surface area contributed by atoms with E-state index in [4.69, 9.17) is 27.9 Å². The number of ether oxygens (including phenoxy) is 1. The van der Waals surface area contributed by atoms with Crippen molar-refractivity contribution in [2.75, 3.05) is 0 Å². The van der Waals surface area contributed by atoms with Gasteiger partial charge in [0.05, 0.1) is 0 Å². The largest absolute Gasteiger partial charge is 0.444 e. The van der Waals surface area contributed by atoms with Crippen LogP contribution >= 0.6 is 23.2 Å². The minimum absolute atomic E-state index is 0.0703. The molecule has 2 unspecified atom stereocenters. The van der Waals surface area contributed by atoms with E-state index in [1.54, 1.807) is 0 Å². The molecule has 3 nitrogen and oxygen atoms in total. The van der Waals surface area contributed by atoms with Gasteiger partial charge in [0.2, 0.25) is 0 Å². The lowest BCUT2D eigenvalue weighted by Gasteiger charge is -2.27. The second-order valence-electron chi connectivity index (χ2n) is 7.42. The van der Waals surface area contributed by atoms with E-state index in [1.165, 1.54) is 0 Å². The van der Waals surface area contributed by atoms with Crippen molar-refractivity contribution in [2.24, 2.45) is 0 Å². The van der Waals surface area contributed by atoms with Gasteiger partial charge in [-0.25, -0.2) is 4.79 Å². The molecule has 2 aromatic carbocycles. The van der Waals surface area contributed by atoms with Crippen LogP contribution in [0.15, 0.2) is 48.5 Å². The Morgan fingerprint density at radius 3 is 2.00 bits per heavy atom. The quantitative estimate of drug-likeness (QED) is 0.653. The number of hydrogen-bond acceptors (Lipinski definition) is 2. The number of amides is 1. The second-order valence-corrected chi connectivity index (χ2v) is 8.30. The molecular formula is C21H25Cl2NO2. The Hall–Kier alpha value is -1.71. The predicted molar refractivity (Wildman–Crippen MR) is 108 cm³/mol. The Bertz CT molecular complexity index is 721. The Kier molecular flexibility index (Phi) is 6.96. The summed E-state index contributed by atoms with van der Waals surface area (Å²) in [5, 5.41) is 4.35. The van der Waals surface area contributed by atoms with Gasteiger partial charge in [0.15, 0.2) is 0 Å². The monoisotopic (exact) mass is 393 g/mol. The van der Waals surface area contributed by atoms with Crippen LogP contribution in [0.4, 0.5) is 4.79 Å². The Morgan fingerprint density at radius 2 is 1.50 bits per heavy atom. The van der Waals surface area contributed by atoms with Crippen LogP contribution in [0.25, 0.3) is 0 Å². The average molecular weight is 394 g/mol. The third-order valence-corrected chi connectivity index (χ3v) is 4.52. The predicted octanol–water partition coefficient (Wildman–Crippen LogP) is 6.23. The van der Waals surface area contributed by atoms with Crippen LogP contribution in [0.1, 0.15) is 44.7 Å². The van der Waals surface area contributed by atoms with Gasteiger partial charge in [0.1, 0.15) is 5.60 Å². The van der Waals surface area contributed by atoms with E-state index in [-0.39, 0.29) is 12.0 Å². The molecular weight excluding hydrogens is 369 g/mol. The Morgan fingerprint density at radius 1 is 1.00 bits per heavy atom. The van der Waals surface area contributed by atoms with Crippen molar-refractivity contribution in [2.45, 2.75) is 51.7 Å². The van der Waals surface area contributed by atoms with Gasteiger partial charge in [-0.3, -0.25) is 0 Å². The summed E-state index contributed by atoms with van der Waals surface area (Å²) in [7, 11) is 0. The number of halogens is 2. The fraction of sp³-hybridized carbons (Fsp3) is 0.381. The molecule has 0 spiro atoms. The first-order chi connectivity index (χ1) is 12.1. The summed E-state index contributed by atoms with van der Waals surface area (Å²) in [4.78, 5) is 12.2. The highest BCUT2D eigenvalue weighted by Crippen LogP contribution is 2.27. The third kappa shape index (κ3) is 6.54. The number of carbonyl (C=O) groups excluding carboxylic acids is 1. The van der Waals surface area contributed by atoms with Crippen LogP contribution in [0, 0.1) is 0 Å². The smallest absolute Gasteiger partial charge is 0.407 e. The highest BCUT2D eigenvalue weighted by molar-refractivity contribution is 6.30. The topological polar surface area (TPSA) is 38.3 Å². The first-order valence-electron chi connectivity index (χ1n) is 8.63. The van der Waals surface area contributed by atoms with Crippen LogP contribution in [-0.4, -0.2) is 17.7 Å². The molecule has 2 atom stereocenters. The van der Waals surface area contributed by atoms with Crippen molar-refractivity contribution in [1.82, 2.24) is 5.32 Å². The van der Waals surface area contributed by atoms with Gasteiger partial charge >= 0.3 is 6.09 Å². The number of alkyl carbamates (subject to hydrolysis) is 1. The van der Waals surface area contributed by atoms with E-state index < -0.39 is 11.7 Å². The van der Waals surface area contributed by atoms with Gasteiger partial charge in [0, 0.05) is 22.0 Å². The highest BCUT2D eigenvalue weighted by atomic mass is 35.5. The number of rotatable bonds is 5. The molecule has 1 N–H and O–H groups in total. The first kappa shape index (κ1) is 20.6. The molecule has 0 aromatic heterocycles. The van der Waals surface area contributed by atoms with E-state index >= 15 is 0 Å². The highest BCUT2D eigenvalue weighted by Gasteiger charge is 2.24. The number of hydrogen-bond donors (Lipinski definition) is 1. The van der Waals surface area contributed by atoms with Gasteiger partial charge in [0.25, 0.3) is 0 Å². The second kappa shape index (κ2) is 8.79. The van der Waals surface area contributed by atoms with Gasteiger partial charge in [-0.15, -0.1) is 0 Å². The van der Waals surface area contributed by atoms with E-state index in [1.807, 2.05) is 76.2 Å². The summed E-state index contributed by atoms with van der Waals surface area (Å²) in [6.45, 7) is 7.53. The minimum Gasteiger partial charge on any atom is -0.444 e. The molecule has 26 heavy (non-hydrogen) atoms. The SMILES string of the molecule is CC(NC(=O)OC(C)(C)C)C(Cc1ccc(Cl)cc1)c1ccc(Cl)cc1. The standard InChI is InChI=1S/C21H25Cl2NO2/c1-14(24-20(25)26-21(2,3)4)19(16-7-11-18(23)12-8-16)13-15-5-9-17(22)10-6-15/h5-12,14,19H,13H2,1-4H3,(H,24,25). The molecule has 0 aliphatic rings. The van der Waals surface area contributed by atoms with Crippen molar-refractivity contribution in [1.29, 1.82) is 0 Å². The molecule has 2 rings (SSSR count). The lowest BCUT2D eigenvalue weighted by molar-refractivity contribution is 0.0501. The van der Waals surface area contributed by atoms with Gasteiger partial charge in [-0.1, -0.05) is 47.5 Å². The van der Waals surface area contributed by atoms with E-state index in [9.17, 15) is 4.79 Å². The van der Waals surface area contributed by atoms with E-state index in [2.05, 4.69) is 5.32 Å². The van der Waals surface area contributed by atoms with Crippen LogP contribution in [0.3, 0.4) is 0 Å². The molecule has 0 fully saturated rings. The lowest BCUT2D eigenvalue weighted by atomic mass is 9.86. The molecule has 0 saturated heterocycles. The number of nitrogens with one attached hydrogen (secondary N) is 1. The van der Waals surface area contributed by atoms with Crippen LogP contribution < -0.4 is 5.32 Å². The molecule has 2 aromatic rings. The number of benzene rings is 2. The normalized spacial score (nSPS) is 13.8. The molecule has 5 heteroatoms. The lowest BCUT2D eigenvalue weighted by Crippen LogP contribution is -2.41. The van der Waals surface area contributed by atoms with Gasteiger partial charge in [-0.05, 0) is 69.5 Å². The molecule has 0 aliphatic heterocycles. The Balaban J connectivity index is 2.20. The zero-order chi connectivity index (χ0) is 19.3. The van der Waals surface area contributed by atoms with Crippen molar-refractivity contribution in [3.8, 4) is 0 Å². The molecule has 0 bridgehead atoms. The Labute approximate surface area is 165 Å². The molecule has 0 saturated carbocycles. The summed E-state index contributed by atoms with van der Waals surface area (Å²) in [6.07, 6.45) is 0.343. The summed E-state index contributed by atoms with van der Waals surface area (Å²) in [5.41, 5.74) is 1.72. The molecule has 140 valence electrons. The fourth-order valence-corrected chi connectivity index (χ4v) is 3.01. The van der Waals surface area contributed by atoms with Crippen LogP contribution in [0.5, 0.6) is 0 Å². The molecule has 0 heterocycles. The summed E-state index contributed by atoms with van der Waals surface area (Å²) in [6, 6.07) is 15.4. The minimum atomic E-state index is -0.532.